The van der Waals surface area contributed by atoms with Gasteiger partial charge >= 0.3 is 0 Å². The van der Waals surface area contributed by atoms with Crippen molar-refractivity contribution >= 4 is 17.3 Å². The van der Waals surface area contributed by atoms with E-state index < -0.39 is 0 Å². The number of fused-ring (bicyclic) bond motifs is 1. The first kappa shape index (κ1) is 16.3. The van der Waals surface area contributed by atoms with Crippen molar-refractivity contribution < 1.29 is 4.79 Å². The lowest BCUT2D eigenvalue weighted by Gasteiger charge is -2.18. The molecule has 0 aliphatic carbocycles. The Hall–Kier alpha value is -3.20. The zero-order chi connectivity index (χ0) is 17.9. The third-order valence-corrected chi connectivity index (χ3v) is 4.80. The molecule has 3 aromatic carbocycles. The summed E-state index contributed by atoms with van der Waals surface area (Å²) in [7, 11) is 1.65. The Kier molecular flexibility index (Phi) is 4.36. The van der Waals surface area contributed by atoms with Crippen LogP contribution in [0.4, 0.5) is 5.69 Å². The van der Waals surface area contributed by atoms with Crippen LogP contribution in [0.2, 0.25) is 0 Å². The summed E-state index contributed by atoms with van der Waals surface area (Å²) in [6.07, 6.45) is 0.759. The molecule has 3 aromatic rings. The van der Waals surface area contributed by atoms with Crippen LogP contribution in [0.25, 0.3) is 0 Å². The summed E-state index contributed by atoms with van der Waals surface area (Å²) in [5.41, 5.74) is 6.33. The van der Waals surface area contributed by atoms with E-state index in [1.54, 1.807) is 7.05 Å². The van der Waals surface area contributed by atoms with E-state index in [9.17, 15) is 4.79 Å². The zero-order valence-corrected chi connectivity index (χ0v) is 14.6. The number of carbonyl (C=O) groups excluding carboxylic acids is 1. The second-order valence-electron chi connectivity index (χ2n) is 6.46. The molecule has 0 saturated heterocycles. The number of nitrogens with zero attached hydrogens (tertiary/aromatic N) is 1. The lowest BCUT2D eigenvalue weighted by atomic mass is 9.85. The maximum absolute atomic E-state index is 11.9. The van der Waals surface area contributed by atoms with Gasteiger partial charge in [-0.15, -0.1) is 0 Å². The maximum atomic E-state index is 11.9. The van der Waals surface area contributed by atoms with E-state index in [0.29, 0.717) is 5.56 Å². The largest absolute Gasteiger partial charge is 0.355 e. The summed E-state index contributed by atoms with van der Waals surface area (Å²) < 4.78 is 0. The Morgan fingerprint density at radius 2 is 1.54 bits per heavy atom. The third kappa shape index (κ3) is 3.04. The van der Waals surface area contributed by atoms with E-state index >= 15 is 0 Å². The van der Waals surface area contributed by atoms with E-state index in [4.69, 9.17) is 4.99 Å². The Bertz CT molecular complexity index is 923. The molecule has 3 heteroatoms. The molecule has 1 aliphatic rings. The average molecular weight is 340 g/mol. The van der Waals surface area contributed by atoms with E-state index in [-0.39, 0.29) is 11.8 Å². The maximum Gasteiger partial charge on any atom is 0.251 e. The molecule has 0 radical (unpaired) electrons. The summed E-state index contributed by atoms with van der Waals surface area (Å²) in [5.74, 6) is 0.0529. The van der Waals surface area contributed by atoms with E-state index in [1.165, 1.54) is 11.1 Å². The molecule has 26 heavy (non-hydrogen) atoms. The highest BCUT2D eigenvalue weighted by Gasteiger charge is 2.26. The van der Waals surface area contributed by atoms with Crippen molar-refractivity contribution in [2.24, 2.45) is 4.99 Å². The fourth-order valence-electron chi connectivity index (χ4n) is 3.55. The van der Waals surface area contributed by atoms with Gasteiger partial charge in [-0.2, -0.15) is 0 Å². The van der Waals surface area contributed by atoms with Crippen LogP contribution >= 0.6 is 0 Å². The van der Waals surface area contributed by atoms with Crippen LogP contribution in [0, 0.1) is 0 Å². The molecule has 3 nitrogen and oxygen atoms in total. The Balaban J connectivity index is 1.73. The summed E-state index contributed by atoms with van der Waals surface area (Å²) in [4.78, 5) is 16.8. The second-order valence-corrected chi connectivity index (χ2v) is 6.46. The van der Waals surface area contributed by atoms with Gasteiger partial charge in [0.2, 0.25) is 0 Å². The molecule has 4 rings (SSSR count). The fourth-order valence-corrected chi connectivity index (χ4v) is 3.55. The van der Waals surface area contributed by atoms with Crippen molar-refractivity contribution in [2.75, 3.05) is 7.05 Å². The summed E-state index contributed by atoms with van der Waals surface area (Å²) in [5, 5.41) is 2.68. The predicted octanol–water partition coefficient (Wildman–Crippen LogP) is 4.51. The van der Waals surface area contributed by atoms with Gasteiger partial charge in [0, 0.05) is 30.7 Å². The van der Waals surface area contributed by atoms with Crippen LogP contribution < -0.4 is 5.32 Å². The Morgan fingerprint density at radius 1 is 0.923 bits per heavy atom. The fraction of sp³-hybridized carbons (Fsp3) is 0.130. The first-order valence-electron chi connectivity index (χ1n) is 8.78. The smallest absolute Gasteiger partial charge is 0.251 e. The summed E-state index contributed by atoms with van der Waals surface area (Å²) >= 11 is 0. The van der Waals surface area contributed by atoms with Crippen molar-refractivity contribution in [3.63, 3.8) is 0 Å². The van der Waals surface area contributed by atoms with Gasteiger partial charge in [0.05, 0.1) is 5.69 Å². The van der Waals surface area contributed by atoms with Crippen LogP contribution in [0.5, 0.6) is 0 Å². The number of benzene rings is 3. The van der Waals surface area contributed by atoms with Crippen molar-refractivity contribution in [2.45, 2.75) is 12.3 Å². The topological polar surface area (TPSA) is 41.5 Å². The third-order valence-electron chi connectivity index (χ3n) is 4.80. The van der Waals surface area contributed by atoms with Gasteiger partial charge in [0.1, 0.15) is 0 Å². The highest BCUT2D eigenvalue weighted by atomic mass is 16.1. The monoisotopic (exact) mass is 340 g/mol. The molecule has 128 valence electrons. The predicted molar refractivity (Wildman–Crippen MR) is 105 cm³/mol. The highest BCUT2D eigenvalue weighted by molar-refractivity contribution is 6.02. The minimum Gasteiger partial charge on any atom is -0.355 e. The Morgan fingerprint density at radius 3 is 2.12 bits per heavy atom. The van der Waals surface area contributed by atoms with Gasteiger partial charge < -0.3 is 5.32 Å². The zero-order valence-electron chi connectivity index (χ0n) is 14.6. The number of hydrogen-bond donors (Lipinski definition) is 1. The Labute approximate surface area is 153 Å². The molecule has 1 heterocycles. The average Bonchev–Trinajstić information content (AvgIpc) is 3.11. The minimum absolute atomic E-state index is 0.0658. The van der Waals surface area contributed by atoms with E-state index in [2.05, 4.69) is 53.8 Å². The van der Waals surface area contributed by atoms with Gasteiger partial charge in [-0.05, 0) is 34.9 Å². The van der Waals surface area contributed by atoms with Crippen molar-refractivity contribution in [1.29, 1.82) is 0 Å². The number of amides is 1. The molecule has 1 aliphatic heterocycles. The van der Waals surface area contributed by atoms with Crippen LogP contribution in [0.1, 0.15) is 33.0 Å². The van der Waals surface area contributed by atoms with Crippen LogP contribution in [0.3, 0.4) is 0 Å². The number of nitrogens with one attached hydrogen (secondary N) is 1. The van der Waals surface area contributed by atoms with Crippen LogP contribution in [-0.4, -0.2) is 18.7 Å². The second kappa shape index (κ2) is 6.96. The molecule has 0 saturated carbocycles. The first-order chi connectivity index (χ1) is 12.8. The molecular formula is C23H20N2O. The summed E-state index contributed by atoms with van der Waals surface area (Å²) in [6.45, 7) is 0. The summed E-state index contributed by atoms with van der Waals surface area (Å²) in [6, 6.07) is 26.7. The van der Waals surface area contributed by atoms with Gasteiger partial charge in [-0.3, -0.25) is 9.79 Å². The number of aliphatic imine (C=N–C) groups is 1. The highest BCUT2D eigenvalue weighted by Crippen LogP contribution is 2.36. The number of hydrogen-bond acceptors (Lipinski definition) is 2. The molecule has 0 bridgehead atoms. The van der Waals surface area contributed by atoms with Crippen molar-refractivity contribution in [3.05, 3.63) is 101 Å². The minimum atomic E-state index is -0.0658. The quantitative estimate of drug-likeness (QED) is 0.746. The molecule has 0 spiro atoms. The van der Waals surface area contributed by atoms with Crippen molar-refractivity contribution in [3.8, 4) is 0 Å². The van der Waals surface area contributed by atoms with Crippen molar-refractivity contribution in [1.82, 2.24) is 5.32 Å². The molecular weight excluding hydrogens is 320 g/mol. The van der Waals surface area contributed by atoms with Gasteiger partial charge in [-0.1, -0.05) is 60.7 Å². The SMILES string of the molecule is CNC(=O)c1ccc2c(c1)CC(C(c1ccccc1)c1ccccc1)=N2. The molecule has 1 N–H and O–H groups in total. The van der Waals surface area contributed by atoms with Gasteiger partial charge in [-0.25, -0.2) is 0 Å². The number of carbonyl (C=O) groups is 1. The van der Waals surface area contributed by atoms with Gasteiger partial charge in [0.15, 0.2) is 0 Å². The lowest BCUT2D eigenvalue weighted by Crippen LogP contribution is -2.18. The van der Waals surface area contributed by atoms with E-state index in [0.717, 1.165) is 23.4 Å². The molecule has 1 amide bonds. The molecule has 0 fully saturated rings. The van der Waals surface area contributed by atoms with Crippen LogP contribution in [0.15, 0.2) is 83.9 Å². The lowest BCUT2D eigenvalue weighted by molar-refractivity contribution is 0.0963. The normalized spacial score (nSPS) is 12.6. The van der Waals surface area contributed by atoms with E-state index in [1.807, 2.05) is 30.3 Å². The number of rotatable bonds is 4. The van der Waals surface area contributed by atoms with Gasteiger partial charge in [0.25, 0.3) is 5.91 Å². The molecule has 0 atom stereocenters. The molecule has 0 aromatic heterocycles. The first-order valence-corrected chi connectivity index (χ1v) is 8.78. The standard InChI is InChI=1S/C23H20N2O/c1-24-23(26)18-12-13-20-19(14-18)15-21(25-20)22(16-8-4-2-5-9-16)17-10-6-3-7-11-17/h2-14,22H,15H2,1H3,(H,24,26). The van der Waals surface area contributed by atoms with Crippen LogP contribution in [-0.2, 0) is 6.42 Å². The molecule has 0 unspecified atom stereocenters.